The first kappa shape index (κ1) is 11.8. The fourth-order valence-electron chi connectivity index (χ4n) is 1.41. The minimum atomic E-state index is -1.65. The van der Waals surface area contributed by atoms with Gasteiger partial charge in [-0.15, -0.1) is 0 Å². The third-order valence-electron chi connectivity index (χ3n) is 2.26. The van der Waals surface area contributed by atoms with Gasteiger partial charge in [0.25, 0.3) is 0 Å². The second-order valence-corrected chi connectivity index (χ2v) is 3.48. The van der Waals surface area contributed by atoms with Crippen molar-refractivity contribution >= 4 is 17.5 Å². The largest absolute Gasteiger partial charge is 0.465 e. The first-order valence-corrected chi connectivity index (χ1v) is 4.51. The molecule has 1 aliphatic carbocycles. The molecule has 0 heterocycles. The average molecular weight is 216 g/mol. The van der Waals surface area contributed by atoms with E-state index in [9.17, 15) is 19.5 Å². The number of hydrogen-bond donors (Lipinski definition) is 2. The van der Waals surface area contributed by atoms with Crippen LogP contribution in [0.15, 0.2) is 0 Å². The van der Waals surface area contributed by atoms with Crippen molar-refractivity contribution in [3.05, 3.63) is 0 Å². The highest BCUT2D eigenvalue weighted by Crippen LogP contribution is 2.19. The van der Waals surface area contributed by atoms with Crippen LogP contribution >= 0.6 is 0 Å². The Morgan fingerprint density at radius 3 is 2.53 bits per heavy atom. The summed E-state index contributed by atoms with van der Waals surface area (Å²) in [6.07, 6.45) is -2.99. The third-order valence-corrected chi connectivity index (χ3v) is 2.26. The van der Waals surface area contributed by atoms with Gasteiger partial charge in [0.2, 0.25) is 11.6 Å². The van der Waals surface area contributed by atoms with E-state index in [1.807, 2.05) is 0 Å². The first-order valence-electron chi connectivity index (χ1n) is 4.51. The molecule has 1 unspecified atom stereocenters. The molecule has 0 spiro atoms. The highest BCUT2D eigenvalue weighted by atomic mass is 16.5. The Morgan fingerprint density at radius 2 is 2.00 bits per heavy atom. The monoisotopic (exact) mass is 216 g/mol. The Hall–Kier alpha value is -1.27. The van der Waals surface area contributed by atoms with Gasteiger partial charge in [-0.3, -0.25) is 14.4 Å². The molecule has 6 nitrogen and oxygen atoms in total. The molecule has 1 saturated carbocycles. The van der Waals surface area contributed by atoms with E-state index in [2.05, 4.69) is 4.74 Å². The van der Waals surface area contributed by atoms with E-state index in [0.717, 1.165) is 0 Å². The molecule has 0 aliphatic heterocycles. The average Bonchev–Trinajstić information content (AvgIpc) is 2.18. The predicted octanol–water partition coefficient (Wildman–Crippen LogP) is -1.57. The van der Waals surface area contributed by atoms with Crippen LogP contribution in [0.25, 0.3) is 0 Å². The van der Waals surface area contributed by atoms with Crippen LogP contribution in [0.4, 0.5) is 0 Å². The number of aliphatic hydroxyl groups is 2. The van der Waals surface area contributed by atoms with E-state index in [4.69, 9.17) is 5.11 Å². The van der Waals surface area contributed by atoms with Crippen LogP contribution in [0, 0.1) is 5.92 Å². The van der Waals surface area contributed by atoms with Crippen molar-refractivity contribution in [3.63, 3.8) is 0 Å². The Bertz CT molecular complexity index is 297. The first-order chi connectivity index (χ1) is 6.93. The molecule has 0 aromatic heterocycles. The Kier molecular flexibility index (Phi) is 3.54. The highest BCUT2D eigenvalue weighted by molar-refractivity contribution is 6.40. The maximum absolute atomic E-state index is 11.3. The number of carbonyl (C=O) groups is 3. The van der Waals surface area contributed by atoms with E-state index in [1.165, 1.54) is 6.92 Å². The summed E-state index contributed by atoms with van der Waals surface area (Å²) in [6.45, 7) is 0.948. The van der Waals surface area contributed by atoms with Gasteiger partial charge in [0.1, 0.15) is 12.7 Å². The van der Waals surface area contributed by atoms with Gasteiger partial charge in [-0.05, 0) is 6.42 Å². The number of Topliss-reactive ketones (excluding diaryl/α,β-unsaturated/α-hetero) is 2. The van der Waals surface area contributed by atoms with Crippen LogP contribution in [0.5, 0.6) is 0 Å². The molecule has 0 aromatic rings. The van der Waals surface area contributed by atoms with Crippen molar-refractivity contribution in [1.29, 1.82) is 0 Å². The van der Waals surface area contributed by atoms with Crippen LogP contribution in [-0.2, 0) is 19.1 Å². The Labute approximate surface area is 85.8 Å². The van der Waals surface area contributed by atoms with Gasteiger partial charge in [-0.1, -0.05) is 0 Å². The summed E-state index contributed by atoms with van der Waals surface area (Å²) in [5, 5.41) is 18.3. The molecule has 1 rings (SSSR count). The number of ether oxygens (including phenoxy) is 1. The lowest BCUT2D eigenvalue weighted by Crippen LogP contribution is -2.49. The maximum atomic E-state index is 11.3. The normalized spacial score (nSPS) is 31.5. The zero-order valence-electron chi connectivity index (χ0n) is 8.17. The van der Waals surface area contributed by atoms with Crippen LogP contribution in [-0.4, -0.2) is 46.6 Å². The summed E-state index contributed by atoms with van der Waals surface area (Å²) in [4.78, 5) is 32.9. The lowest BCUT2D eigenvalue weighted by molar-refractivity contribution is -0.157. The summed E-state index contributed by atoms with van der Waals surface area (Å²) in [7, 11) is 0. The molecule has 2 N–H and O–H groups in total. The third kappa shape index (κ3) is 2.60. The molecule has 0 radical (unpaired) electrons. The van der Waals surface area contributed by atoms with Gasteiger partial charge in [0.05, 0.1) is 12.0 Å². The van der Waals surface area contributed by atoms with Crippen LogP contribution < -0.4 is 0 Å². The smallest absolute Gasteiger partial charge is 0.302 e. The summed E-state index contributed by atoms with van der Waals surface area (Å²) >= 11 is 0. The van der Waals surface area contributed by atoms with Gasteiger partial charge in [0.15, 0.2) is 0 Å². The van der Waals surface area contributed by atoms with E-state index < -0.39 is 35.7 Å². The van der Waals surface area contributed by atoms with Gasteiger partial charge >= 0.3 is 5.97 Å². The number of carbonyl (C=O) groups excluding carboxylic acids is 3. The minimum Gasteiger partial charge on any atom is -0.465 e. The Balaban J connectivity index is 2.63. The number of rotatable bonds is 2. The van der Waals surface area contributed by atoms with Crippen molar-refractivity contribution in [2.45, 2.75) is 25.6 Å². The quantitative estimate of drug-likeness (QED) is 0.427. The topological polar surface area (TPSA) is 101 Å². The summed E-state index contributed by atoms with van der Waals surface area (Å²) in [6, 6.07) is 0. The second kappa shape index (κ2) is 4.50. The predicted molar refractivity (Wildman–Crippen MR) is 46.8 cm³/mol. The number of hydrogen-bond acceptors (Lipinski definition) is 6. The molecule has 3 atom stereocenters. The van der Waals surface area contributed by atoms with Gasteiger partial charge in [-0.2, -0.15) is 0 Å². The van der Waals surface area contributed by atoms with Gasteiger partial charge in [-0.25, -0.2) is 0 Å². The molecule has 0 bridgehead atoms. The molecule has 15 heavy (non-hydrogen) atoms. The van der Waals surface area contributed by atoms with E-state index in [1.54, 1.807) is 0 Å². The highest BCUT2D eigenvalue weighted by Gasteiger charge is 2.41. The van der Waals surface area contributed by atoms with Crippen molar-refractivity contribution in [2.24, 2.45) is 5.92 Å². The van der Waals surface area contributed by atoms with Crippen molar-refractivity contribution in [3.8, 4) is 0 Å². The van der Waals surface area contributed by atoms with Gasteiger partial charge in [0, 0.05) is 6.92 Å². The molecule has 0 saturated heterocycles. The summed E-state index contributed by atoms with van der Waals surface area (Å²) in [5.74, 6) is -3.23. The zero-order valence-corrected chi connectivity index (χ0v) is 8.17. The van der Waals surface area contributed by atoms with E-state index in [0.29, 0.717) is 0 Å². The molecular weight excluding hydrogens is 204 g/mol. The van der Waals surface area contributed by atoms with Crippen molar-refractivity contribution in [1.82, 2.24) is 0 Å². The lowest BCUT2D eigenvalue weighted by atomic mass is 9.84. The molecule has 0 aromatic carbocycles. The van der Waals surface area contributed by atoms with E-state index in [-0.39, 0.29) is 13.0 Å². The second-order valence-electron chi connectivity index (χ2n) is 3.48. The number of aliphatic hydroxyl groups excluding tert-OH is 2. The van der Waals surface area contributed by atoms with Crippen molar-refractivity contribution < 1.29 is 29.3 Å². The lowest BCUT2D eigenvalue weighted by Gasteiger charge is -2.27. The van der Waals surface area contributed by atoms with Gasteiger partial charge < -0.3 is 14.9 Å². The van der Waals surface area contributed by atoms with Crippen LogP contribution in [0.3, 0.4) is 0 Å². The molecule has 84 valence electrons. The summed E-state index contributed by atoms with van der Waals surface area (Å²) in [5.41, 5.74) is 0. The number of ketones is 2. The zero-order chi connectivity index (χ0) is 11.6. The fourth-order valence-corrected chi connectivity index (χ4v) is 1.41. The van der Waals surface area contributed by atoms with Crippen LogP contribution in [0.1, 0.15) is 13.3 Å². The molecule has 6 heteroatoms. The molecule has 1 aliphatic rings. The fraction of sp³-hybridized carbons (Fsp3) is 0.667. The van der Waals surface area contributed by atoms with Crippen LogP contribution in [0.2, 0.25) is 0 Å². The van der Waals surface area contributed by atoms with Crippen molar-refractivity contribution in [2.75, 3.05) is 6.61 Å². The minimum absolute atomic E-state index is 0.0704. The SMILES string of the molecule is CC(=O)OCC1C[C@H](O)[C@H](O)C(=O)C1=O. The maximum Gasteiger partial charge on any atom is 0.302 e. The molecule has 1 fully saturated rings. The molecule has 0 amide bonds. The Morgan fingerprint density at radius 1 is 1.40 bits per heavy atom. The van der Waals surface area contributed by atoms with E-state index >= 15 is 0 Å². The summed E-state index contributed by atoms with van der Waals surface area (Å²) < 4.78 is 4.58. The number of esters is 1. The molecular formula is C9H12O6. The standard InChI is InChI=1S/C9H12O6/c1-4(10)15-3-5-2-6(11)8(13)9(14)7(5)12/h5-6,8,11,13H,2-3H2,1H3/t5?,6-,8-/m0/s1.